The first kappa shape index (κ1) is 17.5. The zero-order valence-corrected chi connectivity index (χ0v) is 15.2. The molecule has 3 aromatic heterocycles. The molecule has 1 fully saturated rings. The van der Waals surface area contributed by atoms with Gasteiger partial charge in [0.15, 0.2) is 11.6 Å². The van der Waals surface area contributed by atoms with Crippen molar-refractivity contribution < 1.29 is 14.3 Å². The van der Waals surface area contributed by atoms with Gasteiger partial charge in [-0.15, -0.1) is 10.2 Å². The minimum Gasteiger partial charge on any atom is -0.453 e. The molecule has 0 aromatic carbocycles. The summed E-state index contributed by atoms with van der Waals surface area (Å²) in [4.78, 5) is 14.5. The number of furan rings is 1. The van der Waals surface area contributed by atoms with Crippen molar-refractivity contribution in [3.8, 4) is 0 Å². The molecule has 1 N–H and O–H groups in total. The van der Waals surface area contributed by atoms with Crippen molar-refractivity contribution in [3.05, 3.63) is 53.8 Å². The Bertz CT molecular complexity index is 914. The largest absolute Gasteiger partial charge is 0.453 e. The fraction of sp³-hybridized carbons (Fsp3) is 0.444. The summed E-state index contributed by atoms with van der Waals surface area (Å²) < 4.78 is 9.19. The molecule has 0 radical (unpaired) electrons. The van der Waals surface area contributed by atoms with E-state index in [1.54, 1.807) is 27.9 Å². The predicted octanol–water partition coefficient (Wildman–Crippen LogP) is 1.17. The Hall–Kier alpha value is -2.94. The molecule has 0 saturated carbocycles. The van der Waals surface area contributed by atoms with Gasteiger partial charge in [-0.25, -0.2) is 0 Å². The number of piperidine rings is 1. The Morgan fingerprint density at radius 3 is 3.00 bits per heavy atom. The third-order valence-electron chi connectivity index (χ3n) is 4.96. The average molecular weight is 370 g/mol. The quantitative estimate of drug-likeness (QED) is 0.723. The Balaban J connectivity index is 1.48. The molecule has 1 aliphatic heterocycles. The molecular weight excluding hydrogens is 348 g/mol. The number of hydrogen-bond donors (Lipinski definition) is 1. The van der Waals surface area contributed by atoms with Crippen LogP contribution in [0.3, 0.4) is 0 Å². The van der Waals surface area contributed by atoms with E-state index in [1.807, 2.05) is 23.9 Å². The molecule has 3 aromatic rings. The van der Waals surface area contributed by atoms with Gasteiger partial charge in [0.2, 0.25) is 0 Å². The molecule has 0 aliphatic carbocycles. The number of amides is 1. The van der Waals surface area contributed by atoms with E-state index in [-0.39, 0.29) is 24.2 Å². The first-order valence-electron chi connectivity index (χ1n) is 9.00. The van der Waals surface area contributed by atoms with Crippen LogP contribution >= 0.6 is 0 Å². The van der Waals surface area contributed by atoms with E-state index in [0.717, 1.165) is 24.5 Å². The lowest BCUT2D eigenvalue weighted by molar-refractivity contribution is 0.0666. The number of hydrogen-bond acceptors (Lipinski definition) is 6. The fourth-order valence-corrected chi connectivity index (χ4v) is 3.51. The standard InChI is InChI=1S/C18H22N6O3/c1-22-16(11-24-9-3-7-19-24)20-21-17(22)13-4-2-8-23(10-13)18(26)15-6-5-14(12-25)27-15/h3,5-7,9,13,25H,2,4,8,10-12H2,1H3. The molecule has 27 heavy (non-hydrogen) atoms. The minimum atomic E-state index is -0.214. The third-order valence-corrected chi connectivity index (χ3v) is 4.96. The number of aliphatic hydroxyl groups excluding tert-OH is 1. The zero-order valence-electron chi connectivity index (χ0n) is 15.2. The van der Waals surface area contributed by atoms with Gasteiger partial charge in [-0.2, -0.15) is 5.10 Å². The molecular formula is C18H22N6O3. The van der Waals surface area contributed by atoms with Crippen molar-refractivity contribution in [3.63, 3.8) is 0 Å². The summed E-state index contributed by atoms with van der Waals surface area (Å²) in [5, 5.41) is 22.0. The van der Waals surface area contributed by atoms with Crippen LogP contribution in [-0.4, -0.2) is 53.5 Å². The molecule has 1 unspecified atom stereocenters. The van der Waals surface area contributed by atoms with E-state index in [4.69, 9.17) is 9.52 Å². The fourth-order valence-electron chi connectivity index (χ4n) is 3.51. The smallest absolute Gasteiger partial charge is 0.289 e. The number of nitrogens with zero attached hydrogens (tertiary/aromatic N) is 6. The summed E-state index contributed by atoms with van der Waals surface area (Å²) in [5.41, 5.74) is 0. The van der Waals surface area contributed by atoms with E-state index >= 15 is 0 Å². The second kappa shape index (κ2) is 7.36. The molecule has 1 saturated heterocycles. The summed E-state index contributed by atoms with van der Waals surface area (Å²) in [7, 11) is 1.95. The zero-order chi connectivity index (χ0) is 18.8. The van der Waals surface area contributed by atoms with Gasteiger partial charge in [-0.05, 0) is 31.0 Å². The summed E-state index contributed by atoms with van der Waals surface area (Å²) in [5.74, 6) is 2.33. The molecule has 0 spiro atoms. The molecule has 0 bridgehead atoms. The summed E-state index contributed by atoms with van der Waals surface area (Å²) >= 11 is 0. The summed E-state index contributed by atoms with van der Waals surface area (Å²) in [6, 6.07) is 5.11. The maximum atomic E-state index is 12.7. The Morgan fingerprint density at radius 1 is 1.37 bits per heavy atom. The number of aromatic nitrogens is 5. The van der Waals surface area contributed by atoms with Crippen LogP contribution in [0.5, 0.6) is 0 Å². The van der Waals surface area contributed by atoms with Crippen LogP contribution in [0.15, 0.2) is 35.0 Å². The second-order valence-electron chi connectivity index (χ2n) is 6.75. The first-order valence-corrected chi connectivity index (χ1v) is 9.00. The third kappa shape index (κ3) is 3.50. The molecule has 142 valence electrons. The number of carbonyl (C=O) groups is 1. The lowest BCUT2D eigenvalue weighted by Gasteiger charge is -2.31. The number of likely N-dealkylation sites (tertiary alicyclic amines) is 1. The number of aliphatic hydroxyl groups is 1. The molecule has 4 rings (SSSR count). The van der Waals surface area contributed by atoms with Gasteiger partial charge in [-0.1, -0.05) is 0 Å². The lowest BCUT2D eigenvalue weighted by Crippen LogP contribution is -2.39. The Morgan fingerprint density at radius 2 is 2.26 bits per heavy atom. The van der Waals surface area contributed by atoms with Crippen molar-refractivity contribution in [2.24, 2.45) is 7.05 Å². The summed E-state index contributed by atoms with van der Waals surface area (Å²) in [6.07, 6.45) is 5.47. The SMILES string of the molecule is Cn1c(Cn2cccn2)nnc1C1CCCN(C(=O)c2ccc(CO)o2)C1. The lowest BCUT2D eigenvalue weighted by atomic mass is 9.97. The molecule has 1 atom stereocenters. The van der Waals surface area contributed by atoms with Crippen molar-refractivity contribution in [1.82, 2.24) is 29.4 Å². The topological polar surface area (TPSA) is 102 Å². The molecule has 9 nitrogen and oxygen atoms in total. The van der Waals surface area contributed by atoms with E-state index < -0.39 is 0 Å². The van der Waals surface area contributed by atoms with Crippen LogP contribution < -0.4 is 0 Å². The maximum absolute atomic E-state index is 12.7. The predicted molar refractivity (Wildman–Crippen MR) is 94.8 cm³/mol. The van der Waals surface area contributed by atoms with Gasteiger partial charge in [-0.3, -0.25) is 9.48 Å². The van der Waals surface area contributed by atoms with Gasteiger partial charge >= 0.3 is 0 Å². The Labute approximate surface area is 156 Å². The van der Waals surface area contributed by atoms with Crippen molar-refractivity contribution >= 4 is 5.91 Å². The van der Waals surface area contributed by atoms with Crippen LogP contribution in [-0.2, 0) is 20.2 Å². The maximum Gasteiger partial charge on any atom is 0.289 e. The first-order chi connectivity index (χ1) is 13.2. The average Bonchev–Trinajstić information content (AvgIpc) is 3.44. The monoisotopic (exact) mass is 370 g/mol. The highest BCUT2D eigenvalue weighted by Crippen LogP contribution is 2.27. The molecule has 1 aliphatic rings. The van der Waals surface area contributed by atoms with Crippen molar-refractivity contribution in [1.29, 1.82) is 0 Å². The number of carbonyl (C=O) groups excluding carboxylic acids is 1. The van der Waals surface area contributed by atoms with Crippen LogP contribution in [0.1, 0.15) is 46.7 Å². The highest BCUT2D eigenvalue weighted by Gasteiger charge is 2.30. The van der Waals surface area contributed by atoms with Crippen LogP contribution in [0, 0.1) is 0 Å². The highest BCUT2D eigenvalue weighted by molar-refractivity contribution is 5.91. The van der Waals surface area contributed by atoms with Crippen molar-refractivity contribution in [2.75, 3.05) is 13.1 Å². The van der Waals surface area contributed by atoms with E-state index in [2.05, 4.69) is 15.3 Å². The van der Waals surface area contributed by atoms with E-state index in [0.29, 0.717) is 25.4 Å². The van der Waals surface area contributed by atoms with Gasteiger partial charge in [0, 0.05) is 38.4 Å². The van der Waals surface area contributed by atoms with E-state index in [1.165, 1.54) is 0 Å². The molecule has 9 heteroatoms. The van der Waals surface area contributed by atoms with Gasteiger partial charge in [0.25, 0.3) is 5.91 Å². The summed E-state index contributed by atoms with van der Waals surface area (Å²) in [6.45, 7) is 1.60. The van der Waals surface area contributed by atoms with Crippen LogP contribution in [0.25, 0.3) is 0 Å². The molecule has 4 heterocycles. The second-order valence-corrected chi connectivity index (χ2v) is 6.75. The molecule has 1 amide bonds. The van der Waals surface area contributed by atoms with Gasteiger partial charge in [0.05, 0.1) is 0 Å². The Kier molecular flexibility index (Phi) is 4.76. The van der Waals surface area contributed by atoms with Crippen LogP contribution in [0.2, 0.25) is 0 Å². The van der Waals surface area contributed by atoms with Gasteiger partial charge in [0.1, 0.15) is 24.7 Å². The number of rotatable bonds is 5. The normalized spacial score (nSPS) is 17.4. The van der Waals surface area contributed by atoms with Crippen molar-refractivity contribution in [2.45, 2.75) is 31.9 Å². The minimum absolute atomic E-state index is 0.124. The van der Waals surface area contributed by atoms with Crippen LogP contribution in [0.4, 0.5) is 0 Å². The van der Waals surface area contributed by atoms with E-state index in [9.17, 15) is 4.79 Å². The highest BCUT2D eigenvalue weighted by atomic mass is 16.4. The van der Waals surface area contributed by atoms with Gasteiger partial charge < -0.3 is 19.0 Å².